The van der Waals surface area contributed by atoms with Crippen molar-refractivity contribution in [2.75, 3.05) is 13.2 Å². The van der Waals surface area contributed by atoms with Crippen LogP contribution in [-0.2, 0) is 4.79 Å². The molecule has 134 valence electrons. The first kappa shape index (κ1) is 19.1. The first-order chi connectivity index (χ1) is 12.6. The number of allylic oxidation sites excluding steroid dienone is 1. The van der Waals surface area contributed by atoms with Gasteiger partial charge in [0.25, 0.3) is 0 Å². The van der Waals surface area contributed by atoms with Crippen LogP contribution in [0.2, 0.25) is 0 Å². The van der Waals surface area contributed by atoms with Crippen LogP contribution in [0.4, 0.5) is 0 Å². The van der Waals surface area contributed by atoms with Crippen molar-refractivity contribution in [3.63, 3.8) is 0 Å². The van der Waals surface area contributed by atoms with E-state index in [1.165, 1.54) is 6.92 Å². The van der Waals surface area contributed by atoms with E-state index in [9.17, 15) is 10.1 Å². The second kappa shape index (κ2) is 9.28. The molecule has 26 heavy (non-hydrogen) atoms. The first-order valence-electron chi connectivity index (χ1n) is 8.37. The van der Waals surface area contributed by atoms with Gasteiger partial charge in [-0.05, 0) is 61.4 Å². The summed E-state index contributed by atoms with van der Waals surface area (Å²) in [6, 6.07) is 14.6. The number of hydrogen-bond donors (Lipinski definition) is 0. The second-order valence-corrected chi connectivity index (χ2v) is 5.36. The maximum absolute atomic E-state index is 11.0. The molecule has 0 atom stereocenters. The summed E-state index contributed by atoms with van der Waals surface area (Å²) in [7, 11) is 0. The lowest BCUT2D eigenvalue weighted by Crippen LogP contribution is -2.00. The fourth-order valence-corrected chi connectivity index (χ4v) is 2.36. The van der Waals surface area contributed by atoms with Crippen LogP contribution < -0.4 is 14.2 Å². The Kier molecular flexibility index (Phi) is 6.81. The van der Waals surface area contributed by atoms with Gasteiger partial charge >= 0.3 is 5.97 Å². The van der Waals surface area contributed by atoms with Crippen LogP contribution in [0.25, 0.3) is 11.6 Å². The molecule has 0 radical (unpaired) electrons. The van der Waals surface area contributed by atoms with Crippen LogP contribution in [-0.4, -0.2) is 19.2 Å². The Hall–Kier alpha value is -3.26. The third kappa shape index (κ3) is 5.12. The number of esters is 1. The molecule has 0 heterocycles. The topological polar surface area (TPSA) is 68.5 Å². The lowest BCUT2D eigenvalue weighted by molar-refractivity contribution is -0.131. The van der Waals surface area contributed by atoms with Gasteiger partial charge in [-0.1, -0.05) is 12.1 Å². The molecule has 0 aliphatic heterocycles. The van der Waals surface area contributed by atoms with Crippen molar-refractivity contribution in [1.29, 1.82) is 5.26 Å². The molecule has 0 unspecified atom stereocenters. The molecule has 0 fully saturated rings. The SMILES string of the molecule is CCOc1ccc(C(C#N)=Cc2ccc(OC(C)=O)cc2)cc1OCC. The highest BCUT2D eigenvalue weighted by Crippen LogP contribution is 2.31. The third-order valence-corrected chi connectivity index (χ3v) is 3.43. The highest BCUT2D eigenvalue weighted by Gasteiger charge is 2.09. The van der Waals surface area contributed by atoms with Crippen molar-refractivity contribution in [1.82, 2.24) is 0 Å². The van der Waals surface area contributed by atoms with Crippen molar-refractivity contribution < 1.29 is 19.0 Å². The molecule has 0 amide bonds. The molecule has 0 aromatic heterocycles. The minimum absolute atomic E-state index is 0.371. The monoisotopic (exact) mass is 351 g/mol. The first-order valence-corrected chi connectivity index (χ1v) is 8.37. The molecule has 0 N–H and O–H groups in total. The Labute approximate surface area is 153 Å². The van der Waals surface area contributed by atoms with Crippen LogP contribution in [0.15, 0.2) is 42.5 Å². The highest BCUT2D eigenvalue weighted by atomic mass is 16.5. The number of benzene rings is 2. The fraction of sp³-hybridized carbons (Fsp3) is 0.238. The van der Waals surface area contributed by atoms with E-state index in [0.29, 0.717) is 36.0 Å². The summed E-state index contributed by atoms with van der Waals surface area (Å²) in [6.45, 7) is 6.20. The lowest BCUT2D eigenvalue weighted by atomic mass is 10.0. The zero-order valence-corrected chi connectivity index (χ0v) is 15.1. The van der Waals surface area contributed by atoms with Crippen molar-refractivity contribution in [2.45, 2.75) is 20.8 Å². The lowest BCUT2D eigenvalue weighted by Gasteiger charge is -2.12. The van der Waals surface area contributed by atoms with Crippen molar-refractivity contribution in [3.8, 4) is 23.3 Å². The van der Waals surface area contributed by atoms with Crippen LogP contribution in [0, 0.1) is 11.3 Å². The van der Waals surface area contributed by atoms with Gasteiger partial charge in [-0.3, -0.25) is 4.79 Å². The maximum atomic E-state index is 11.0. The maximum Gasteiger partial charge on any atom is 0.308 e. The zero-order chi connectivity index (χ0) is 18.9. The molecule has 2 aromatic carbocycles. The summed E-state index contributed by atoms with van der Waals surface area (Å²) in [5, 5.41) is 9.55. The van der Waals surface area contributed by atoms with E-state index >= 15 is 0 Å². The quantitative estimate of drug-likeness (QED) is 0.318. The van der Waals surface area contributed by atoms with Gasteiger partial charge in [0, 0.05) is 6.92 Å². The Bertz CT molecular complexity index is 832. The predicted octanol–water partition coefficient (Wildman–Crippen LogP) is 4.47. The van der Waals surface area contributed by atoms with Gasteiger partial charge < -0.3 is 14.2 Å². The average molecular weight is 351 g/mol. The number of hydrogen-bond acceptors (Lipinski definition) is 5. The van der Waals surface area contributed by atoms with Gasteiger partial charge in [-0.25, -0.2) is 0 Å². The van der Waals surface area contributed by atoms with E-state index in [-0.39, 0.29) is 5.97 Å². The summed E-state index contributed by atoms with van der Waals surface area (Å²) in [4.78, 5) is 11.0. The van der Waals surface area contributed by atoms with E-state index < -0.39 is 0 Å². The van der Waals surface area contributed by atoms with Gasteiger partial charge in [0.1, 0.15) is 5.75 Å². The molecule has 0 aliphatic rings. The van der Waals surface area contributed by atoms with Crippen molar-refractivity contribution in [2.24, 2.45) is 0 Å². The summed E-state index contributed by atoms with van der Waals surface area (Å²) in [5.41, 5.74) is 2.06. The van der Waals surface area contributed by atoms with Gasteiger partial charge in [0.15, 0.2) is 11.5 Å². The number of ether oxygens (including phenoxy) is 3. The Balaban J connectivity index is 2.32. The summed E-state index contributed by atoms with van der Waals surface area (Å²) >= 11 is 0. The summed E-state index contributed by atoms with van der Waals surface area (Å²) in [5.74, 6) is 1.36. The molecule has 0 spiro atoms. The smallest absolute Gasteiger partial charge is 0.308 e. The van der Waals surface area contributed by atoms with Crippen LogP contribution in [0.1, 0.15) is 31.9 Å². The van der Waals surface area contributed by atoms with E-state index in [1.54, 1.807) is 42.5 Å². The second-order valence-electron chi connectivity index (χ2n) is 5.36. The van der Waals surface area contributed by atoms with E-state index in [4.69, 9.17) is 14.2 Å². The molecule has 0 saturated carbocycles. The van der Waals surface area contributed by atoms with Gasteiger partial charge in [0.05, 0.1) is 24.9 Å². The van der Waals surface area contributed by atoms with Crippen LogP contribution in [0.5, 0.6) is 17.2 Å². The summed E-state index contributed by atoms with van der Waals surface area (Å²) < 4.78 is 16.2. The molecule has 0 bridgehead atoms. The van der Waals surface area contributed by atoms with Crippen LogP contribution in [0.3, 0.4) is 0 Å². The Morgan fingerprint density at radius 2 is 1.69 bits per heavy atom. The number of nitrogens with zero attached hydrogens (tertiary/aromatic N) is 1. The largest absolute Gasteiger partial charge is 0.490 e. The molecule has 0 aliphatic carbocycles. The standard InChI is InChI=1S/C21H21NO4/c1-4-24-20-11-8-17(13-21(20)25-5-2)18(14-22)12-16-6-9-19(10-7-16)26-15(3)23/h6-13H,4-5H2,1-3H3. The fourth-order valence-electron chi connectivity index (χ4n) is 2.36. The molecule has 2 rings (SSSR count). The Morgan fingerprint density at radius 1 is 1.04 bits per heavy atom. The van der Waals surface area contributed by atoms with Crippen molar-refractivity contribution in [3.05, 3.63) is 53.6 Å². The normalized spacial score (nSPS) is 10.8. The predicted molar refractivity (Wildman–Crippen MR) is 100 cm³/mol. The molecule has 0 saturated heterocycles. The van der Waals surface area contributed by atoms with Crippen molar-refractivity contribution >= 4 is 17.6 Å². The van der Waals surface area contributed by atoms with Gasteiger partial charge in [-0.15, -0.1) is 0 Å². The Morgan fingerprint density at radius 3 is 2.27 bits per heavy atom. The molecule has 5 heteroatoms. The van der Waals surface area contributed by atoms with Gasteiger partial charge in [-0.2, -0.15) is 5.26 Å². The van der Waals surface area contributed by atoms with E-state index in [1.807, 2.05) is 19.9 Å². The zero-order valence-electron chi connectivity index (χ0n) is 15.1. The molecular formula is C21H21NO4. The van der Waals surface area contributed by atoms with E-state index in [2.05, 4.69) is 6.07 Å². The highest BCUT2D eigenvalue weighted by molar-refractivity contribution is 5.90. The minimum atomic E-state index is -0.371. The summed E-state index contributed by atoms with van der Waals surface area (Å²) in [6.07, 6.45) is 1.77. The third-order valence-electron chi connectivity index (χ3n) is 3.43. The minimum Gasteiger partial charge on any atom is -0.490 e. The van der Waals surface area contributed by atoms with Gasteiger partial charge in [0.2, 0.25) is 0 Å². The number of carbonyl (C=O) groups is 1. The average Bonchev–Trinajstić information content (AvgIpc) is 2.62. The molecule has 5 nitrogen and oxygen atoms in total. The number of carbonyl (C=O) groups excluding carboxylic acids is 1. The van der Waals surface area contributed by atoms with E-state index in [0.717, 1.165) is 11.1 Å². The number of rotatable bonds is 7. The number of nitriles is 1. The molecule has 2 aromatic rings. The molecular weight excluding hydrogens is 330 g/mol. The van der Waals surface area contributed by atoms with Crippen LogP contribution >= 0.6 is 0 Å².